The Morgan fingerprint density at radius 2 is 1.95 bits per heavy atom. The van der Waals surface area contributed by atoms with Crippen LogP contribution in [0.5, 0.6) is 5.75 Å². The van der Waals surface area contributed by atoms with Crippen LogP contribution in [-0.4, -0.2) is 19.6 Å². The van der Waals surface area contributed by atoms with E-state index in [1.165, 1.54) is 6.33 Å². The molecule has 0 radical (unpaired) electrons. The summed E-state index contributed by atoms with van der Waals surface area (Å²) in [4.78, 5) is 8.17. The van der Waals surface area contributed by atoms with Gasteiger partial charge in [0.2, 0.25) is 0 Å². The molecule has 0 bridgehead atoms. The molecule has 1 aromatic carbocycles. The molecule has 0 saturated carbocycles. The van der Waals surface area contributed by atoms with E-state index in [4.69, 9.17) is 16.3 Å². The Morgan fingerprint density at radius 1 is 1.16 bits per heavy atom. The maximum absolute atomic E-state index is 5.86. The molecule has 0 amide bonds. The van der Waals surface area contributed by atoms with E-state index in [1.807, 2.05) is 25.1 Å². The van der Waals surface area contributed by atoms with Gasteiger partial charge in [-0.15, -0.1) is 0 Å². The van der Waals surface area contributed by atoms with Crippen molar-refractivity contribution in [3.63, 3.8) is 0 Å². The number of benzene rings is 1. The van der Waals surface area contributed by atoms with Crippen molar-refractivity contribution in [3.8, 4) is 5.75 Å². The molecular formula is C13H11ClN4O. The predicted octanol–water partition coefficient (Wildman–Crippen LogP) is 2.92. The number of halogens is 1. The number of hydrogen-bond acceptors (Lipinski definition) is 4. The van der Waals surface area contributed by atoms with E-state index in [-0.39, 0.29) is 6.10 Å². The number of nitrogens with zero attached hydrogens (tertiary/aromatic N) is 4. The molecule has 0 aliphatic heterocycles. The van der Waals surface area contributed by atoms with E-state index in [0.717, 1.165) is 11.4 Å². The number of hydrogen-bond donors (Lipinski definition) is 0. The van der Waals surface area contributed by atoms with Crippen molar-refractivity contribution in [2.45, 2.75) is 13.0 Å². The first-order valence-corrected chi connectivity index (χ1v) is 6.19. The van der Waals surface area contributed by atoms with Crippen LogP contribution in [0.15, 0.2) is 42.9 Å². The van der Waals surface area contributed by atoms with Crippen molar-refractivity contribution in [1.29, 1.82) is 0 Å². The molecule has 6 heteroatoms. The van der Waals surface area contributed by atoms with Crippen molar-refractivity contribution < 1.29 is 4.74 Å². The van der Waals surface area contributed by atoms with Gasteiger partial charge < -0.3 is 4.74 Å². The number of ether oxygens (including phenoxy) is 1. The van der Waals surface area contributed by atoms with Crippen molar-refractivity contribution >= 4 is 17.4 Å². The number of rotatable bonds is 3. The van der Waals surface area contributed by atoms with Gasteiger partial charge in [0.15, 0.2) is 0 Å². The molecule has 0 aliphatic rings. The number of fused-ring (bicyclic) bond motifs is 1. The Kier molecular flexibility index (Phi) is 3.05. The second-order valence-corrected chi connectivity index (χ2v) is 4.49. The van der Waals surface area contributed by atoms with E-state index in [9.17, 15) is 0 Å². The summed E-state index contributed by atoms with van der Waals surface area (Å²) in [6.45, 7) is 1.95. The third-order valence-electron chi connectivity index (χ3n) is 2.75. The van der Waals surface area contributed by atoms with Crippen molar-refractivity contribution in [1.82, 2.24) is 19.6 Å². The fraction of sp³-hybridized carbons (Fsp3) is 0.154. The van der Waals surface area contributed by atoms with Gasteiger partial charge in [-0.1, -0.05) is 11.6 Å². The fourth-order valence-electron chi connectivity index (χ4n) is 1.84. The summed E-state index contributed by atoms with van der Waals surface area (Å²) in [6.07, 6.45) is 3.00. The Labute approximate surface area is 114 Å². The maximum Gasteiger partial charge on any atom is 0.252 e. The van der Waals surface area contributed by atoms with E-state index < -0.39 is 0 Å². The molecule has 0 spiro atoms. The van der Waals surface area contributed by atoms with Crippen molar-refractivity contribution in [2.24, 2.45) is 0 Å². The Hall–Kier alpha value is -2.14. The largest absolute Gasteiger partial charge is 0.484 e. The predicted molar refractivity (Wildman–Crippen MR) is 71.3 cm³/mol. The summed E-state index contributed by atoms with van der Waals surface area (Å²) in [5.41, 5.74) is 0.887. The lowest BCUT2D eigenvalue weighted by atomic mass is 10.2. The van der Waals surface area contributed by atoms with Gasteiger partial charge in [0.25, 0.3) is 5.78 Å². The lowest BCUT2D eigenvalue weighted by Crippen LogP contribution is -2.09. The van der Waals surface area contributed by atoms with Crippen LogP contribution >= 0.6 is 11.6 Å². The summed E-state index contributed by atoms with van der Waals surface area (Å²) in [7, 11) is 0. The zero-order valence-corrected chi connectivity index (χ0v) is 10.9. The molecule has 0 saturated heterocycles. The second-order valence-electron chi connectivity index (χ2n) is 4.06. The van der Waals surface area contributed by atoms with E-state index in [1.54, 1.807) is 22.8 Å². The van der Waals surface area contributed by atoms with Crippen LogP contribution in [0, 0.1) is 0 Å². The summed E-state index contributed by atoms with van der Waals surface area (Å²) < 4.78 is 7.53. The molecule has 0 aliphatic carbocycles. The normalized spacial score (nSPS) is 12.5. The highest BCUT2D eigenvalue weighted by Crippen LogP contribution is 2.22. The molecular weight excluding hydrogens is 264 g/mol. The molecule has 1 unspecified atom stereocenters. The quantitative estimate of drug-likeness (QED) is 0.737. The van der Waals surface area contributed by atoms with Gasteiger partial charge in [0.1, 0.15) is 18.2 Å². The molecule has 0 N–H and O–H groups in total. The standard InChI is InChI=1S/C13H11ClN4O/c1-9(19-11-4-2-10(14)3-5-11)12-6-7-15-13-16-8-17-18(12)13/h2-9H,1H3. The Balaban J connectivity index is 1.89. The van der Waals surface area contributed by atoms with Crippen molar-refractivity contribution in [3.05, 3.63) is 53.6 Å². The van der Waals surface area contributed by atoms with Crippen LogP contribution in [0.1, 0.15) is 18.7 Å². The van der Waals surface area contributed by atoms with Gasteiger partial charge >= 0.3 is 0 Å². The SMILES string of the molecule is CC(Oc1ccc(Cl)cc1)c1ccnc2ncnn12. The van der Waals surface area contributed by atoms with Gasteiger partial charge in [-0.05, 0) is 37.3 Å². The molecule has 2 aromatic heterocycles. The molecule has 19 heavy (non-hydrogen) atoms. The zero-order valence-electron chi connectivity index (χ0n) is 10.2. The second kappa shape index (κ2) is 4.85. The van der Waals surface area contributed by atoms with Crippen LogP contribution in [0.3, 0.4) is 0 Å². The topological polar surface area (TPSA) is 52.3 Å². The minimum absolute atomic E-state index is 0.173. The summed E-state index contributed by atoms with van der Waals surface area (Å²) >= 11 is 5.84. The zero-order chi connectivity index (χ0) is 13.2. The van der Waals surface area contributed by atoms with Gasteiger partial charge in [0.05, 0.1) is 5.69 Å². The molecule has 2 heterocycles. The van der Waals surface area contributed by atoms with Gasteiger partial charge in [-0.3, -0.25) is 0 Å². The fourth-order valence-corrected chi connectivity index (χ4v) is 1.97. The Bertz CT molecular complexity index is 695. The first-order chi connectivity index (χ1) is 9.24. The lowest BCUT2D eigenvalue weighted by molar-refractivity contribution is 0.218. The van der Waals surface area contributed by atoms with E-state index >= 15 is 0 Å². The van der Waals surface area contributed by atoms with Gasteiger partial charge in [0, 0.05) is 11.2 Å². The number of aromatic nitrogens is 4. The summed E-state index contributed by atoms with van der Waals surface area (Å²) in [5, 5.41) is 4.82. The Morgan fingerprint density at radius 3 is 2.74 bits per heavy atom. The van der Waals surface area contributed by atoms with Gasteiger partial charge in [-0.2, -0.15) is 14.6 Å². The molecule has 0 fully saturated rings. The first-order valence-electron chi connectivity index (χ1n) is 5.81. The van der Waals surface area contributed by atoms with Crippen LogP contribution < -0.4 is 4.74 Å². The van der Waals surface area contributed by atoms with Crippen LogP contribution in [-0.2, 0) is 0 Å². The smallest absolute Gasteiger partial charge is 0.252 e. The minimum atomic E-state index is -0.173. The highest BCUT2D eigenvalue weighted by molar-refractivity contribution is 6.30. The molecule has 5 nitrogen and oxygen atoms in total. The molecule has 96 valence electrons. The average Bonchev–Trinajstić information content (AvgIpc) is 2.89. The lowest BCUT2D eigenvalue weighted by Gasteiger charge is -2.15. The van der Waals surface area contributed by atoms with E-state index in [0.29, 0.717) is 10.8 Å². The monoisotopic (exact) mass is 274 g/mol. The minimum Gasteiger partial charge on any atom is -0.484 e. The average molecular weight is 275 g/mol. The summed E-state index contributed by atoms with van der Waals surface area (Å²) in [6, 6.07) is 9.11. The summed E-state index contributed by atoms with van der Waals surface area (Å²) in [5.74, 6) is 1.31. The van der Waals surface area contributed by atoms with Crippen molar-refractivity contribution in [2.75, 3.05) is 0 Å². The van der Waals surface area contributed by atoms with Crippen LogP contribution in [0.2, 0.25) is 5.02 Å². The third-order valence-corrected chi connectivity index (χ3v) is 3.00. The molecule has 3 rings (SSSR count). The van der Waals surface area contributed by atoms with Gasteiger partial charge in [-0.25, -0.2) is 4.98 Å². The highest BCUT2D eigenvalue weighted by Gasteiger charge is 2.12. The van der Waals surface area contributed by atoms with E-state index in [2.05, 4.69) is 15.1 Å². The maximum atomic E-state index is 5.86. The first kappa shape index (κ1) is 11.9. The highest BCUT2D eigenvalue weighted by atomic mass is 35.5. The van der Waals surface area contributed by atoms with Crippen LogP contribution in [0.25, 0.3) is 5.78 Å². The van der Waals surface area contributed by atoms with Crippen LogP contribution in [0.4, 0.5) is 0 Å². The molecule has 1 atom stereocenters. The third kappa shape index (κ3) is 2.37. The molecule has 3 aromatic rings.